The first-order valence-electron chi connectivity index (χ1n) is 6.11. The van der Waals surface area contributed by atoms with Crippen molar-refractivity contribution < 1.29 is 8.42 Å². The lowest BCUT2D eigenvalue weighted by atomic mass is 10.0. The third-order valence-electron chi connectivity index (χ3n) is 3.64. The minimum atomic E-state index is -3.70. The van der Waals surface area contributed by atoms with Crippen molar-refractivity contribution >= 4 is 44.8 Å². The van der Waals surface area contributed by atoms with E-state index in [1.54, 1.807) is 7.05 Å². The molecule has 3 nitrogen and oxygen atoms in total. The first kappa shape index (κ1) is 18.1. The van der Waals surface area contributed by atoms with E-state index < -0.39 is 15.6 Å². The van der Waals surface area contributed by atoms with Crippen LogP contribution < -0.4 is 0 Å². The molecule has 20 heavy (non-hydrogen) atoms. The maximum Gasteiger partial charge on any atom is 0.244 e. The molecule has 0 aliphatic carbocycles. The highest BCUT2D eigenvalue weighted by atomic mass is 35.5. The van der Waals surface area contributed by atoms with Crippen molar-refractivity contribution in [1.82, 2.24) is 4.31 Å². The van der Waals surface area contributed by atoms with Gasteiger partial charge in [-0.2, -0.15) is 4.31 Å². The van der Waals surface area contributed by atoms with Crippen molar-refractivity contribution in [2.24, 2.45) is 0 Å². The van der Waals surface area contributed by atoms with Crippen LogP contribution >= 0.6 is 34.8 Å². The molecule has 0 aliphatic heterocycles. The number of halogens is 3. The van der Waals surface area contributed by atoms with Gasteiger partial charge in [-0.05, 0) is 32.4 Å². The van der Waals surface area contributed by atoms with Gasteiger partial charge >= 0.3 is 0 Å². The van der Waals surface area contributed by atoms with E-state index >= 15 is 0 Å². The number of benzene rings is 1. The molecule has 0 aliphatic rings. The van der Waals surface area contributed by atoms with Gasteiger partial charge in [0, 0.05) is 23.2 Å². The lowest BCUT2D eigenvalue weighted by molar-refractivity contribution is 0.257. The molecule has 0 heterocycles. The van der Waals surface area contributed by atoms with E-state index in [9.17, 15) is 8.42 Å². The van der Waals surface area contributed by atoms with Gasteiger partial charge in [0.2, 0.25) is 10.0 Å². The molecule has 0 saturated carbocycles. The molecule has 0 saturated heterocycles. The van der Waals surface area contributed by atoms with Gasteiger partial charge in [0.1, 0.15) is 4.90 Å². The molecule has 0 spiro atoms. The zero-order chi connectivity index (χ0) is 15.7. The summed E-state index contributed by atoms with van der Waals surface area (Å²) in [6, 6.07) is 2.92. The van der Waals surface area contributed by atoms with Gasteiger partial charge in [-0.25, -0.2) is 8.42 Å². The molecule has 7 heteroatoms. The summed E-state index contributed by atoms with van der Waals surface area (Å²) in [6.07, 6.45) is 0.677. The van der Waals surface area contributed by atoms with Crippen LogP contribution in [0.4, 0.5) is 0 Å². The van der Waals surface area contributed by atoms with E-state index in [4.69, 9.17) is 34.8 Å². The molecule has 1 rings (SSSR count). The Labute approximate surface area is 135 Å². The average molecular weight is 359 g/mol. The van der Waals surface area contributed by atoms with E-state index in [1.165, 1.54) is 16.4 Å². The second-order valence-corrected chi connectivity index (χ2v) is 8.10. The van der Waals surface area contributed by atoms with E-state index in [-0.39, 0.29) is 15.8 Å². The van der Waals surface area contributed by atoms with Crippen LogP contribution in [0.25, 0.3) is 0 Å². The minimum Gasteiger partial charge on any atom is -0.207 e. The van der Waals surface area contributed by atoms with Crippen LogP contribution in [0.2, 0.25) is 10.0 Å². The number of nitrogens with zero attached hydrogens (tertiary/aromatic N) is 1. The molecule has 0 fully saturated rings. The fourth-order valence-corrected chi connectivity index (χ4v) is 4.47. The lowest BCUT2D eigenvalue weighted by Crippen LogP contribution is -2.44. The van der Waals surface area contributed by atoms with E-state index in [0.717, 1.165) is 0 Å². The summed E-state index contributed by atoms with van der Waals surface area (Å²) in [5.41, 5.74) is -0.0816. The summed E-state index contributed by atoms with van der Waals surface area (Å²) < 4.78 is 26.7. The molecular weight excluding hydrogens is 341 g/mol. The molecule has 114 valence electrons. The number of rotatable bonds is 5. The Hall–Kier alpha value is -0.000000000000000167. The van der Waals surface area contributed by atoms with Crippen LogP contribution in [-0.2, 0) is 15.9 Å². The summed E-state index contributed by atoms with van der Waals surface area (Å²) in [5, 5.41) is 0.451. The lowest BCUT2D eigenvalue weighted by Gasteiger charge is -2.34. The molecule has 0 amide bonds. The molecule has 1 aromatic rings. The van der Waals surface area contributed by atoms with Crippen molar-refractivity contribution in [3.05, 3.63) is 27.7 Å². The maximum absolute atomic E-state index is 12.7. The van der Waals surface area contributed by atoms with Crippen LogP contribution in [-0.4, -0.2) is 25.3 Å². The first-order valence-corrected chi connectivity index (χ1v) is 8.84. The molecule has 0 N–H and O–H groups in total. The van der Waals surface area contributed by atoms with Gasteiger partial charge in [-0.3, -0.25) is 0 Å². The normalized spacial score (nSPS) is 13.0. The second-order valence-electron chi connectivity index (χ2n) is 5.11. The second kappa shape index (κ2) is 6.41. The Balaban J connectivity index is 3.45. The topological polar surface area (TPSA) is 37.4 Å². The molecular formula is C13H18Cl3NO2S. The zero-order valence-corrected chi connectivity index (χ0v) is 15.0. The zero-order valence-electron chi connectivity index (χ0n) is 11.9. The third-order valence-corrected chi connectivity index (χ3v) is 6.92. The van der Waals surface area contributed by atoms with Gasteiger partial charge < -0.3 is 0 Å². The SMILES string of the molecule is CCC(C)(C)N(C)S(=O)(=O)c1ccc(Cl)c(CCl)c1Cl. The number of alkyl halides is 1. The minimum absolute atomic E-state index is 0.0308. The highest BCUT2D eigenvalue weighted by Gasteiger charge is 2.34. The Kier molecular flexibility index (Phi) is 5.78. The monoisotopic (exact) mass is 357 g/mol. The van der Waals surface area contributed by atoms with Crippen LogP contribution in [0.3, 0.4) is 0 Å². The molecule has 0 unspecified atom stereocenters. The van der Waals surface area contributed by atoms with E-state index in [2.05, 4.69) is 0 Å². The maximum atomic E-state index is 12.7. The van der Waals surface area contributed by atoms with Gasteiger partial charge in [0.05, 0.1) is 10.9 Å². The molecule has 1 aromatic carbocycles. The van der Waals surface area contributed by atoms with Crippen LogP contribution in [0.5, 0.6) is 0 Å². The Morgan fingerprint density at radius 1 is 1.25 bits per heavy atom. The summed E-state index contributed by atoms with van der Waals surface area (Å²) in [7, 11) is -2.16. The standard InChI is InChI=1S/C13H18Cl3NO2S/c1-5-13(2,3)17(4)20(18,19)11-7-6-10(15)9(8-14)12(11)16/h6-7H,5,8H2,1-4H3. The van der Waals surface area contributed by atoms with E-state index in [1.807, 2.05) is 20.8 Å². The van der Waals surface area contributed by atoms with Crippen LogP contribution in [0.1, 0.15) is 32.8 Å². The number of hydrogen-bond acceptors (Lipinski definition) is 2. The Morgan fingerprint density at radius 3 is 2.25 bits per heavy atom. The smallest absolute Gasteiger partial charge is 0.207 e. The van der Waals surface area contributed by atoms with Crippen molar-refractivity contribution in [3.8, 4) is 0 Å². The highest BCUT2D eigenvalue weighted by Crippen LogP contribution is 2.35. The molecule has 0 atom stereocenters. The predicted molar refractivity (Wildman–Crippen MR) is 85.3 cm³/mol. The summed E-state index contributed by atoms with van der Waals surface area (Å²) in [5.74, 6) is 0.0575. The first-order chi connectivity index (χ1) is 9.09. The van der Waals surface area contributed by atoms with Gasteiger partial charge in [-0.1, -0.05) is 30.1 Å². The quantitative estimate of drug-likeness (QED) is 0.725. The van der Waals surface area contributed by atoms with Crippen LogP contribution in [0, 0.1) is 0 Å². The fourth-order valence-electron chi connectivity index (χ4n) is 1.59. The van der Waals surface area contributed by atoms with Gasteiger partial charge in [0.25, 0.3) is 0 Å². The van der Waals surface area contributed by atoms with Crippen molar-refractivity contribution in [2.45, 2.75) is 43.5 Å². The predicted octanol–water partition coefficient (Wildman–Crippen LogP) is 4.54. The van der Waals surface area contributed by atoms with E-state index in [0.29, 0.717) is 17.0 Å². The summed E-state index contributed by atoms with van der Waals surface area (Å²) >= 11 is 17.9. The number of hydrogen-bond donors (Lipinski definition) is 0. The fraction of sp³-hybridized carbons (Fsp3) is 0.538. The number of sulfonamides is 1. The molecule has 0 aromatic heterocycles. The van der Waals surface area contributed by atoms with Gasteiger partial charge in [0.15, 0.2) is 0 Å². The Morgan fingerprint density at radius 2 is 1.80 bits per heavy atom. The van der Waals surface area contributed by atoms with Crippen molar-refractivity contribution in [3.63, 3.8) is 0 Å². The largest absolute Gasteiger partial charge is 0.244 e. The highest BCUT2D eigenvalue weighted by molar-refractivity contribution is 7.89. The molecule has 0 bridgehead atoms. The average Bonchev–Trinajstić information content (AvgIpc) is 2.38. The summed E-state index contributed by atoms with van der Waals surface area (Å²) in [6.45, 7) is 5.65. The Bertz CT molecular complexity index is 600. The van der Waals surface area contributed by atoms with Crippen molar-refractivity contribution in [2.75, 3.05) is 7.05 Å². The third kappa shape index (κ3) is 3.25. The van der Waals surface area contributed by atoms with Crippen molar-refractivity contribution in [1.29, 1.82) is 0 Å². The summed E-state index contributed by atoms with van der Waals surface area (Å²) in [4.78, 5) is 0.0308. The molecule has 0 radical (unpaired) electrons. The van der Waals surface area contributed by atoms with Gasteiger partial charge in [-0.15, -0.1) is 11.6 Å². The van der Waals surface area contributed by atoms with Crippen LogP contribution in [0.15, 0.2) is 17.0 Å².